The van der Waals surface area contributed by atoms with Gasteiger partial charge < -0.3 is 19.9 Å². The van der Waals surface area contributed by atoms with Crippen LogP contribution in [-0.4, -0.2) is 33.4 Å². The molecular weight excluding hydrogens is 230 g/mol. The van der Waals surface area contributed by atoms with E-state index in [1.807, 2.05) is 0 Å². The largest absolute Gasteiger partial charge is 1.00 e. The Kier molecular flexibility index (Phi) is 13.4. The zero-order chi connectivity index (χ0) is 11.1. The van der Waals surface area contributed by atoms with Crippen LogP contribution in [0.1, 0.15) is 6.92 Å². The summed E-state index contributed by atoms with van der Waals surface area (Å²) in [7, 11) is -4.27. The van der Waals surface area contributed by atoms with Gasteiger partial charge in [-0.2, -0.15) is 4.67 Å². The van der Waals surface area contributed by atoms with Gasteiger partial charge in [-0.1, -0.05) is 0 Å². The average molecular weight is 238 g/mol. The first-order valence-electron chi connectivity index (χ1n) is 2.75. The van der Waals surface area contributed by atoms with Gasteiger partial charge in [0.05, 0.1) is 0 Å². The Morgan fingerprint density at radius 3 is 1.86 bits per heavy atom. The zero-order valence-corrected chi connectivity index (χ0v) is 10.4. The van der Waals surface area contributed by atoms with E-state index in [0.29, 0.717) is 0 Å². The molecule has 0 spiro atoms. The maximum Gasteiger partial charge on any atom is 1.00 e. The molecule has 0 radical (unpaired) electrons. The normalized spacial score (nSPS) is 12.5. The molecule has 0 amide bonds. The number of rotatable bonds is 3. The summed E-state index contributed by atoms with van der Waals surface area (Å²) in [5, 5.41) is 24.3. The average Bonchev–Trinajstić information content (AvgIpc) is 1.83. The Morgan fingerprint density at radius 1 is 1.50 bits per heavy atom. The van der Waals surface area contributed by atoms with Crippen LogP contribution in [0, 0.1) is 0 Å². The standard InChI is InChI=1S/C2H5O6P.C2H4O2.Na/c3-2(4)1-9(6,7)8-5;1-2(3)4;/h5H,1H2,(H,3,4)(H,6,7);1H3,(H,3,4);/q;;+1/p-1. The summed E-state index contributed by atoms with van der Waals surface area (Å²) in [6.07, 6.45) is -1.09. The third kappa shape index (κ3) is 22.7. The van der Waals surface area contributed by atoms with Gasteiger partial charge in [-0.25, -0.2) is 5.26 Å². The van der Waals surface area contributed by atoms with E-state index in [2.05, 4.69) is 4.67 Å². The third-order valence-electron chi connectivity index (χ3n) is 0.463. The summed E-state index contributed by atoms with van der Waals surface area (Å²) in [6.45, 7) is 0.972. The van der Waals surface area contributed by atoms with Crippen LogP contribution in [0.5, 0.6) is 0 Å². The molecule has 10 heteroatoms. The van der Waals surface area contributed by atoms with Gasteiger partial charge in [0.2, 0.25) is 0 Å². The van der Waals surface area contributed by atoms with E-state index in [0.717, 1.165) is 6.92 Å². The molecule has 0 aliphatic carbocycles. The molecule has 0 rings (SSSR count). The Morgan fingerprint density at radius 2 is 1.79 bits per heavy atom. The number of carbonyl (C=O) groups is 2. The molecule has 14 heavy (non-hydrogen) atoms. The van der Waals surface area contributed by atoms with Crippen molar-refractivity contribution in [1.82, 2.24) is 0 Å². The number of carbonyl (C=O) groups excluding carboxylic acids is 1. The van der Waals surface area contributed by atoms with Crippen molar-refractivity contribution in [1.29, 1.82) is 0 Å². The van der Waals surface area contributed by atoms with E-state index in [9.17, 15) is 9.36 Å². The molecule has 0 heterocycles. The SMILES string of the molecule is CC(=O)[O-].O=C(O)CP(=O)(O)OO.[Na+]. The number of aliphatic carboxylic acids is 2. The number of carboxylic acid groups (broad SMARTS) is 2. The minimum Gasteiger partial charge on any atom is -0.550 e. The van der Waals surface area contributed by atoms with Crippen LogP contribution in [0.25, 0.3) is 0 Å². The molecule has 8 nitrogen and oxygen atoms in total. The molecule has 0 aliphatic rings. The maximum absolute atomic E-state index is 10.1. The van der Waals surface area contributed by atoms with Crippen molar-refractivity contribution in [2.24, 2.45) is 0 Å². The van der Waals surface area contributed by atoms with Crippen LogP contribution in [0.2, 0.25) is 0 Å². The monoisotopic (exact) mass is 238 g/mol. The molecule has 0 aromatic carbocycles. The predicted octanol–water partition coefficient (Wildman–Crippen LogP) is -4.49. The van der Waals surface area contributed by atoms with Crippen molar-refractivity contribution in [2.75, 3.05) is 6.16 Å². The zero-order valence-electron chi connectivity index (χ0n) is 7.54. The number of hydrogen-bond acceptors (Lipinski definition) is 6. The first kappa shape index (κ1) is 19.6. The van der Waals surface area contributed by atoms with Crippen LogP contribution in [0.3, 0.4) is 0 Å². The van der Waals surface area contributed by atoms with Crippen molar-refractivity contribution >= 4 is 19.5 Å². The van der Waals surface area contributed by atoms with Gasteiger partial charge in [0.1, 0.15) is 6.16 Å². The number of hydrogen-bond donors (Lipinski definition) is 3. The fourth-order valence-corrected chi connectivity index (χ4v) is 0.599. The van der Waals surface area contributed by atoms with E-state index >= 15 is 0 Å². The Labute approximate surface area is 101 Å². The van der Waals surface area contributed by atoms with Crippen molar-refractivity contribution in [2.45, 2.75) is 6.92 Å². The first-order chi connectivity index (χ1) is 5.71. The second-order valence-corrected chi connectivity index (χ2v) is 3.52. The minimum absolute atomic E-state index is 0. The molecular formula is C4H8NaO8P. The molecule has 0 aromatic rings. The van der Waals surface area contributed by atoms with Crippen molar-refractivity contribution < 1.29 is 68.7 Å². The quantitative estimate of drug-likeness (QED) is 0.193. The van der Waals surface area contributed by atoms with Gasteiger partial charge >= 0.3 is 43.1 Å². The van der Waals surface area contributed by atoms with Crippen LogP contribution in [0.4, 0.5) is 0 Å². The molecule has 0 saturated heterocycles. The van der Waals surface area contributed by atoms with Crippen molar-refractivity contribution in [3.8, 4) is 0 Å². The van der Waals surface area contributed by atoms with Gasteiger partial charge in [0.15, 0.2) is 0 Å². The Bertz CT molecular complexity index is 223. The molecule has 0 bridgehead atoms. The van der Waals surface area contributed by atoms with Crippen LogP contribution >= 0.6 is 7.60 Å². The predicted molar refractivity (Wildman–Crippen MR) is 36.7 cm³/mol. The summed E-state index contributed by atoms with van der Waals surface area (Å²) < 4.78 is 13.1. The second kappa shape index (κ2) is 9.60. The summed E-state index contributed by atoms with van der Waals surface area (Å²) in [4.78, 5) is 26.7. The van der Waals surface area contributed by atoms with Gasteiger partial charge in [-0.15, -0.1) is 0 Å². The van der Waals surface area contributed by atoms with E-state index in [-0.39, 0.29) is 29.6 Å². The van der Waals surface area contributed by atoms with E-state index in [1.54, 1.807) is 0 Å². The minimum atomic E-state index is -4.27. The fraction of sp³-hybridized carbons (Fsp3) is 0.500. The maximum atomic E-state index is 10.1. The Hall–Kier alpha value is 0.0500. The van der Waals surface area contributed by atoms with Crippen LogP contribution in [-0.2, 0) is 18.8 Å². The molecule has 1 unspecified atom stereocenters. The molecule has 78 valence electrons. The smallest absolute Gasteiger partial charge is 0.550 e. The third-order valence-corrected chi connectivity index (χ3v) is 1.39. The summed E-state index contributed by atoms with van der Waals surface area (Å²) in [5.41, 5.74) is 0. The summed E-state index contributed by atoms with van der Waals surface area (Å²) in [6, 6.07) is 0. The van der Waals surface area contributed by atoms with Crippen LogP contribution in [0.15, 0.2) is 0 Å². The number of carboxylic acids is 2. The summed E-state index contributed by atoms with van der Waals surface area (Å²) in [5.74, 6) is -2.59. The van der Waals surface area contributed by atoms with Gasteiger partial charge in [-0.05, 0) is 6.92 Å². The van der Waals surface area contributed by atoms with E-state index in [4.69, 9.17) is 25.2 Å². The van der Waals surface area contributed by atoms with Crippen molar-refractivity contribution in [3.05, 3.63) is 0 Å². The van der Waals surface area contributed by atoms with Gasteiger partial charge in [0.25, 0.3) is 0 Å². The fourth-order valence-electron chi connectivity index (χ4n) is 0.200. The molecule has 0 aliphatic heterocycles. The topological polar surface area (TPSA) is 144 Å². The van der Waals surface area contributed by atoms with E-state index in [1.165, 1.54) is 0 Å². The van der Waals surface area contributed by atoms with Crippen LogP contribution < -0.4 is 34.7 Å². The second-order valence-electron chi connectivity index (χ2n) is 1.76. The first-order valence-corrected chi connectivity index (χ1v) is 4.52. The van der Waals surface area contributed by atoms with Gasteiger partial charge in [-0.3, -0.25) is 9.36 Å². The molecule has 0 aromatic heterocycles. The molecule has 1 atom stereocenters. The van der Waals surface area contributed by atoms with Gasteiger partial charge in [0, 0.05) is 5.97 Å². The molecule has 0 fully saturated rings. The molecule has 0 saturated carbocycles. The van der Waals surface area contributed by atoms with E-state index < -0.39 is 25.7 Å². The summed E-state index contributed by atoms with van der Waals surface area (Å²) >= 11 is 0. The molecule has 3 N–H and O–H groups in total. The Balaban J connectivity index is -0.000000209. The van der Waals surface area contributed by atoms with Crippen molar-refractivity contribution in [3.63, 3.8) is 0 Å².